The first-order valence-electron chi connectivity index (χ1n) is 4.75. The van der Waals surface area contributed by atoms with Gasteiger partial charge >= 0.3 is 5.97 Å². The zero-order chi connectivity index (χ0) is 12.1. The van der Waals surface area contributed by atoms with Crippen LogP contribution in [0.15, 0.2) is 0 Å². The van der Waals surface area contributed by atoms with Gasteiger partial charge in [0.1, 0.15) is 0 Å². The van der Waals surface area contributed by atoms with E-state index in [9.17, 15) is 9.59 Å². The molecule has 0 saturated carbocycles. The topological polar surface area (TPSA) is 98.7 Å². The average Bonchev–Trinajstić information content (AvgIpc) is 2.13. The van der Waals surface area contributed by atoms with E-state index in [1.54, 1.807) is 13.8 Å². The number of carbonyl (C=O) groups is 2. The second kappa shape index (κ2) is 5.67. The molecule has 15 heavy (non-hydrogen) atoms. The van der Waals surface area contributed by atoms with Crippen LogP contribution in [0.5, 0.6) is 0 Å². The van der Waals surface area contributed by atoms with Gasteiger partial charge in [-0.05, 0) is 20.4 Å². The Labute approximate surface area is 88.7 Å². The number of aliphatic carboxylic acids is 1. The van der Waals surface area contributed by atoms with Gasteiger partial charge in [0.05, 0.1) is 12.1 Å². The molecule has 0 aliphatic carbocycles. The van der Waals surface area contributed by atoms with Crippen molar-refractivity contribution in [3.63, 3.8) is 0 Å². The minimum atomic E-state index is -1.56. The molecule has 88 valence electrons. The van der Waals surface area contributed by atoms with Gasteiger partial charge in [0.25, 0.3) is 0 Å². The van der Waals surface area contributed by atoms with Gasteiger partial charge in [0.15, 0.2) is 6.10 Å². The second-order valence-electron chi connectivity index (χ2n) is 3.72. The number of aliphatic hydroxyl groups is 1. The van der Waals surface area contributed by atoms with Gasteiger partial charge in [-0.25, -0.2) is 4.79 Å². The van der Waals surface area contributed by atoms with Crippen molar-refractivity contribution in [3.8, 4) is 0 Å². The Hall–Kier alpha value is -1.14. The monoisotopic (exact) mass is 218 g/mol. The van der Waals surface area contributed by atoms with Crippen LogP contribution in [0.2, 0.25) is 0 Å². The van der Waals surface area contributed by atoms with Crippen molar-refractivity contribution in [2.24, 2.45) is 0 Å². The summed E-state index contributed by atoms with van der Waals surface area (Å²) in [5, 5.41) is 22.6. The molecule has 1 atom stereocenters. The largest absolute Gasteiger partial charge is 0.479 e. The quantitative estimate of drug-likeness (QED) is 0.455. The number of hydrogen-bond donors (Lipinski definition) is 4. The molecule has 0 bridgehead atoms. The number of likely N-dealkylation sites (N-methyl/N-ethyl adjacent to an activating group) is 1. The summed E-state index contributed by atoms with van der Waals surface area (Å²) in [6.45, 7) is 5.56. The number of carboxylic acids is 1. The molecule has 0 aliphatic heterocycles. The summed E-state index contributed by atoms with van der Waals surface area (Å²) in [5.74, 6) is -1.69. The molecule has 4 N–H and O–H groups in total. The Kier molecular flexibility index (Phi) is 5.24. The Morgan fingerprint density at radius 1 is 1.40 bits per heavy atom. The van der Waals surface area contributed by atoms with Crippen LogP contribution in [-0.4, -0.2) is 46.8 Å². The molecule has 0 aromatic heterocycles. The molecule has 0 fully saturated rings. The summed E-state index contributed by atoms with van der Waals surface area (Å²) in [4.78, 5) is 21.8. The lowest BCUT2D eigenvalue weighted by molar-refractivity contribution is -0.146. The third-order valence-corrected chi connectivity index (χ3v) is 1.93. The van der Waals surface area contributed by atoms with Gasteiger partial charge in [-0.1, -0.05) is 6.92 Å². The Morgan fingerprint density at radius 3 is 2.33 bits per heavy atom. The van der Waals surface area contributed by atoms with Crippen molar-refractivity contribution in [1.29, 1.82) is 0 Å². The molecular formula is C9H18N2O4. The van der Waals surface area contributed by atoms with Gasteiger partial charge in [0, 0.05) is 0 Å². The van der Waals surface area contributed by atoms with E-state index in [1.165, 1.54) is 0 Å². The molecule has 0 radical (unpaired) electrons. The van der Waals surface area contributed by atoms with Crippen molar-refractivity contribution in [2.45, 2.75) is 32.4 Å². The van der Waals surface area contributed by atoms with Gasteiger partial charge in [0.2, 0.25) is 5.91 Å². The van der Waals surface area contributed by atoms with Gasteiger partial charge in [-0.3, -0.25) is 4.79 Å². The van der Waals surface area contributed by atoms with Crippen LogP contribution in [0.4, 0.5) is 0 Å². The zero-order valence-corrected chi connectivity index (χ0v) is 9.20. The minimum absolute atomic E-state index is 0.289. The normalized spacial score (nSPS) is 13.3. The fraction of sp³-hybridized carbons (Fsp3) is 0.778. The minimum Gasteiger partial charge on any atom is -0.479 e. The fourth-order valence-electron chi connectivity index (χ4n) is 1.02. The highest BCUT2D eigenvalue weighted by Crippen LogP contribution is 2.01. The van der Waals surface area contributed by atoms with Crippen LogP contribution in [0, 0.1) is 0 Å². The van der Waals surface area contributed by atoms with Crippen molar-refractivity contribution < 1.29 is 19.8 Å². The summed E-state index contributed by atoms with van der Waals surface area (Å²) in [7, 11) is 0. The van der Waals surface area contributed by atoms with Gasteiger partial charge < -0.3 is 20.8 Å². The second-order valence-corrected chi connectivity index (χ2v) is 3.72. The molecule has 6 heteroatoms. The van der Waals surface area contributed by atoms with E-state index >= 15 is 0 Å². The van der Waals surface area contributed by atoms with E-state index in [4.69, 9.17) is 10.2 Å². The number of hydrogen-bond acceptors (Lipinski definition) is 4. The summed E-state index contributed by atoms with van der Waals surface area (Å²) in [6.07, 6.45) is -1.56. The van der Waals surface area contributed by atoms with Crippen LogP contribution in [0.1, 0.15) is 20.8 Å². The molecule has 6 nitrogen and oxygen atoms in total. The highest BCUT2D eigenvalue weighted by atomic mass is 16.4. The maximum Gasteiger partial charge on any atom is 0.334 e. The first-order chi connectivity index (χ1) is 6.81. The number of rotatable bonds is 6. The van der Waals surface area contributed by atoms with Crippen LogP contribution < -0.4 is 10.6 Å². The van der Waals surface area contributed by atoms with Gasteiger partial charge in [-0.15, -0.1) is 0 Å². The average molecular weight is 218 g/mol. The molecular weight excluding hydrogens is 200 g/mol. The molecule has 0 saturated heterocycles. The third-order valence-electron chi connectivity index (χ3n) is 1.93. The van der Waals surface area contributed by atoms with Crippen LogP contribution in [0.3, 0.4) is 0 Å². The van der Waals surface area contributed by atoms with Crippen molar-refractivity contribution in [2.75, 3.05) is 13.1 Å². The van der Waals surface area contributed by atoms with Crippen LogP contribution >= 0.6 is 0 Å². The molecule has 0 aromatic carbocycles. The lowest BCUT2D eigenvalue weighted by Crippen LogP contribution is -2.54. The Balaban J connectivity index is 4.08. The maximum absolute atomic E-state index is 11.5. The van der Waals surface area contributed by atoms with Crippen molar-refractivity contribution in [1.82, 2.24) is 10.6 Å². The molecule has 0 aromatic rings. The molecule has 1 amide bonds. The van der Waals surface area contributed by atoms with Crippen LogP contribution in [-0.2, 0) is 9.59 Å². The van der Waals surface area contributed by atoms with Gasteiger partial charge in [-0.2, -0.15) is 0 Å². The fourth-order valence-corrected chi connectivity index (χ4v) is 1.02. The van der Waals surface area contributed by atoms with E-state index in [1.807, 2.05) is 6.92 Å². The van der Waals surface area contributed by atoms with E-state index in [-0.39, 0.29) is 12.5 Å². The Bertz CT molecular complexity index is 240. The van der Waals surface area contributed by atoms with Crippen molar-refractivity contribution >= 4 is 11.9 Å². The molecule has 0 rings (SSSR count). The lowest BCUT2D eigenvalue weighted by atomic mass is 10.0. The van der Waals surface area contributed by atoms with E-state index in [2.05, 4.69) is 10.6 Å². The van der Waals surface area contributed by atoms with E-state index in [0.717, 1.165) is 0 Å². The molecule has 0 unspecified atom stereocenters. The number of aliphatic hydroxyl groups excluding tert-OH is 1. The third kappa shape index (κ3) is 4.75. The first kappa shape index (κ1) is 13.9. The van der Waals surface area contributed by atoms with Crippen LogP contribution in [0.25, 0.3) is 0 Å². The van der Waals surface area contributed by atoms with E-state index in [0.29, 0.717) is 6.54 Å². The summed E-state index contributed by atoms with van der Waals surface area (Å²) >= 11 is 0. The molecule has 0 spiro atoms. The number of nitrogens with one attached hydrogen (secondary N) is 2. The van der Waals surface area contributed by atoms with Crippen molar-refractivity contribution in [3.05, 3.63) is 0 Å². The maximum atomic E-state index is 11.5. The molecule has 0 aliphatic rings. The van der Waals surface area contributed by atoms with E-state index < -0.39 is 17.6 Å². The molecule has 0 heterocycles. The predicted octanol–water partition coefficient (Wildman–Crippen LogP) is -1.06. The highest BCUT2D eigenvalue weighted by molar-refractivity contribution is 5.86. The lowest BCUT2D eigenvalue weighted by Gasteiger charge is -2.24. The number of carboxylic acid groups (broad SMARTS) is 1. The first-order valence-corrected chi connectivity index (χ1v) is 4.75. The smallest absolute Gasteiger partial charge is 0.334 e. The Morgan fingerprint density at radius 2 is 1.93 bits per heavy atom. The number of carbonyl (C=O) groups excluding carboxylic acids is 1. The summed E-state index contributed by atoms with van der Waals surface area (Å²) < 4.78 is 0. The summed E-state index contributed by atoms with van der Waals surface area (Å²) in [5.41, 5.74) is -0.771. The highest BCUT2D eigenvalue weighted by Gasteiger charge is 2.27. The summed E-state index contributed by atoms with van der Waals surface area (Å²) in [6, 6.07) is 0. The number of amides is 1. The standard InChI is InChI=1S/C9H18N2O4/c1-4-11-9(2,3)8(15)10-5-6(12)7(13)14/h6,11-12H,4-5H2,1-3H3,(H,10,15)(H,13,14)/t6-/m0/s1. The zero-order valence-electron chi connectivity index (χ0n) is 9.20. The predicted molar refractivity (Wildman–Crippen MR) is 54.4 cm³/mol. The SMILES string of the molecule is CCNC(C)(C)C(=O)NC[C@H](O)C(=O)O.